The predicted octanol–water partition coefficient (Wildman–Crippen LogP) is 0.813. The first kappa shape index (κ1) is 11.8. The number of hydrogen-bond acceptors (Lipinski definition) is 4. The Morgan fingerprint density at radius 1 is 1.69 bits per heavy atom. The van der Waals surface area contributed by atoms with Gasteiger partial charge in [-0.1, -0.05) is 9.96 Å². The molecular formula is C6H9FN2O3S. The van der Waals surface area contributed by atoms with Crippen LogP contribution in [-0.2, 0) is 14.7 Å². The van der Waals surface area contributed by atoms with E-state index in [-0.39, 0.29) is 6.61 Å². The summed E-state index contributed by atoms with van der Waals surface area (Å²) >= 11 is 0. The molecular weight excluding hydrogens is 199 g/mol. The summed E-state index contributed by atoms with van der Waals surface area (Å²) in [5.74, 6) is 0. The fourth-order valence-electron chi connectivity index (χ4n) is 0.345. The minimum atomic E-state index is -4.76. The molecule has 0 unspecified atom stereocenters. The molecule has 1 heterocycles. The molecule has 1 aromatic heterocycles. The SMILES string of the molecule is C=CCOS(=O)(=O)F.c1c[nH]cn1. The van der Waals surface area contributed by atoms with E-state index in [1.807, 2.05) is 0 Å². The molecule has 13 heavy (non-hydrogen) atoms. The summed E-state index contributed by atoms with van der Waals surface area (Å²) in [6.45, 7) is 2.79. The molecule has 7 heteroatoms. The Hall–Kier alpha value is -1.21. The maximum Gasteiger partial charge on any atom is 0.437 e. The molecule has 0 bridgehead atoms. The van der Waals surface area contributed by atoms with Gasteiger partial charge in [0.15, 0.2) is 0 Å². The van der Waals surface area contributed by atoms with Crippen molar-refractivity contribution < 1.29 is 16.5 Å². The minimum absolute atomic E-state index is 0.321. The van der Waals surface area contributed by atoms with E-state index < -0.39 is 10.5 Å². The van der Waals surface area contributed by atoms with Crippen LogP contribution in [0.25, 0.3) is 0 Å². The second kappa shape index (κ2) is 6.32. The topological polar surface area (TPSA) is 72.1 Å². The first-order chi connectivity index (χ1) is 6.06. The van der Waals surface area contributed by atoms with Gasteiger partial charge in [-0.05, 0) is 0 Å². The zero-order valence-electron chi connectivity index (χ0n) is 6.68. The van der Waals surface area contributed by atoms with Crippen molar-refractivity contribution in [2.24, 2.45) is 0 Å². The fraction of sp³-hybridized carbons (Fsp3) is 0.167. The van der Waals surface area contributed by atoms with Crippen LogP contribution in [0, 0.1) is 0 Å². The number of aromatic nitrogens is 2. The standard InChI is InChI=1S/C3H5FO3S.C3H4N2/c1-2-3-7-8(4,5)6;1-2-5-3-4-1/h2H,1,3H2;1-3H,(H,4,5). The van der Waals surface area contributed by atoms with Crippen LogP contribution in [0.5, 0.6) is 0 Å². The van der Waals surface area contributed by atoms with Crippen molar-refractivity contribution >= 4 is 10.5 Å². The van der Waals surface area contributed by atoms with E-state index in [1.54, 1.807) is 18.7 Å². The van der Waals surface area contributed by atoms with Gasteiger partial charge in [0.1, 0.15) is 0 Å². The first-order valence-electron chi connectivity index (χ1n) is 3.19. The van der Waals surface area contributed by atoms with Gasteiger partial charge in [-0.15, -0.1) is 6.58 Å². The largest absolute Gasteiger partial charge is 0.437 e. The van der Waals surface area contributed by atoms with Crippen molar-refractivity contribution in [3.05, 3.63) is 31.4 Å². The lowest BCUT2D eigenvalue weighted by molar-refractivity contribution is 0.328. The Balaban J connectivity index is 0.000000243. The van der Waals surface area contributed by atoms with Crippen LogP contribution in [0.2, 0.25) is 0 Å². The average Bonchev–Trinajstić information content (AvgIpc) is 2.56. The number of H-pyrrole nitrogens is 1. The molecule has 1 rings (SSSR count). The Morgan fingerprint density at radius 3 is 2.54 bits per heavy atom. The van der Waals surface area contributed by atoms with Gasteiger partial charge in [-0.2, -0.15) is 8.42 Å². The van der Waals surface area contributed by atoms with E-state index in [1.165, 1.54) is 0 Å². The lowest BCUT2D eigenvalue weighted by Crippen LogP contribution is -1.96. The monoisotopic (exact) mass is 208 g/mol. The number of aromatic amines is 1. The number of hydrogen-bond donors (Lipinski definition) is 1. The van der Waals surface area contributed by atoms with Crippen LogP contribution < -0.4 is 0 Å². The van der Waals surface area contributed by atoms with Gasteiger partial charge in [-0.25, -0.2) is 9.17 Å². The van der Waals surface area contributed by atoms with E-state index in [0.29, 0.717) is 0 Å². The van der Waals surface area contributed by atoms with Gasteiger partial charge in [-0.3, -0.25) is 0 Å². The van der Waals surface area contributed by atoms with Crippen molar-refractivity contribution in [3.63, 3.8) is 0 Å². The molecule has 74 valence electrons. The van der Waals surface area contributed by atoms with Gasteiger partial charge in [0.25, 0.3) is 0 Å². The zero-order valence-corrected chi connectivity index (χ0v) is 7.50. The number of imidazole rings is 1. The van der Waals surface area contributed by atoms with Crippen molar-refractivity contribution in [1.82, 2.24) is 9.97 Å². The summed E-state index contributed by atoms with van der Waals surface area (Å²) < 4.78 is 33.8. The highest BCUT2D eigenvalue weighted by atomic mass is 32.3. The molecule has 0 fully saturated rings. The van der Waals surface area contributed by atoms with Crippen LogP contribution >= 0.6 is 0 Å². The van der Waals surface area contributed by atoms with E-state index in [9.17, 15) is 12.3 Å². The molecule has 0 atom stereocenters. The third-order valence-electron chi connectivity index (χ3n) is 0.733. The Kier molecular flexibility index (Phi) is 5.73. The van der Waals surface area contributed by atoms with Crippen molar-refractivity contribution in [2.75, 3.05) is 6.61 Å². The lowest BCUT2D eigenvalue weighted by Gasteiger charge is -1.87. The van der Waals surface area contributed by atoms with Crippen molar-refractivity contribution in [3.8, 4) is 0 Å². The predicted molar refractivity (Wildman–Crippen MR) is 44.8 cm³/mol. The van der Waals surface area contributed by atoms with Gasteiger partial charge in [0, 0.05) is 12.4 Å². The number of rotatable bonds is 3. The summed E-state index contributed by atoms with van der Waals surface area (Å²) in [4.78, 5) is 6.42. The summed E-state index contributed by atoms with van der Waals surface area (Å²) in [7, 11) is -4.76. The Labute approximate surface area is 75.7 Å². The average molecular weight is 208 g/mol. The Morgan fingerprint density at radius 2 is 2.38 bits per heavy atom. The van der Waals surface area contributed by atoms with Crippen LogP contribution in [-0.4, -0.2) is 25.0 Å². The maximum absolute atomic E-state index is 11.3. The second-order valence-corrected chi connectivity index (χ2v) is 2.75. The van der Waals surface area contributed by atoms with Crippen molar-refractivity contribution in [2.45, 2.75) is 0 Å². The van der Waals surface area contributed by atoms with Gasteiger partial charge >= 0.3 is 10.5 Å². The molecule has 0 saturated carbocycles. The third kappa shape index (κ3) is 10.8. The third-order valence-corrected chi connectivity index (χ3v) is 1.15. The minimum Gasteiger partial charge on any atom is -0.351 e. The molecule has 0 aliphatic rings. The molecule has 5 nitrogen and oxygen atoms in total. The van der Waals surface area contributed by atoms with Gasteiger partial charge < -0.3 is 4.98 Å². The van der Waals surface area contributed by atoms with E-state index in [0.717, 1.165) is 6.08 Å². The van der Waals surface area contributed by atoms with Crippen molar-refractivity contribution in [1.29, 1.82) is 0 Å². The molecule has 0 spiro atoms. The molecule has 0 saturated heterocycles. The summed E-state index contributed by atoms with van der Waals surface area (Å²) in [5, 5.41) is 0. The number of nitrogens with zero attached hydrogens (tertiary/aromatic N) is 1. The molecule has 0 aliphatic carbocycles. The van der Waals surface area contributed by atoms with Gasteiger partial charge in [0.05, 0.1) is 12.9 Å². The Bertz CT molecular complexity index is 291. The highest BCUT2D eigenvalue weighted by molar-refractivity contribution is 7.81. The normalized spacial score (nSPS) is 9.92. The summed E-state index contributed by atoms with van der Waals surface area (Å²) in [6.07, 6.45) is 6.22. The maximum atomic E-state index is 11.3. The highest BCUT2D eigenvalue weighted by Crippen LogP contribution is 1.91. The molecule has 1 aromatic rings. The number of nitrogens with one attached hydrogen (secondary N) is 1. The molecule has 0 aromatic carbocycles. The zero-order chi connectivity index (χ0) is 10.2. The van der Waals surface area contributed by atoms with E-state index in [2.05, 4.69) is 20.7 Å². The molecule has 0 radical (unpaired) electrons. The summed E-state index contributed by atoms with van der Waals surface area (Å²) in [6, 6.07) is 0. The smallest absolute Gasteiger partial charge is 0.351 e. The van der Waals surface area contributed by atoms with E-state index >= 15 is 0 Å². The van der Waals surface area contributed by atoms with Crippen LogP contribution in [0.4, 0.5) is 3.89 Å². The van der Waals surface area contributed by atoms with E-state index in [4.69, 9.17) is 0 Å². The quantitative estimate of drug-likeness (QED) is 0.589. The van der Waals surface area contributed by atoms with Gasteiger partial charge in [0.2, 0.25) is 0 Å². The molecule has 1 N–H and O–H groups in total. The second-order valence-electron chi connectivity index (χ2n) is 1.73. The number of halogens is 1. The van der Waals surface area contributed by atoms with Crippen LogP contribution in [0.3, 0.4) is 0 Å². The first-order valence-corrected chi connectivity index (χ1v) is 4.50. The fourth-order valence-corrected chi connectivity index (χ4v) is 0.603. The van der Waals surface area contributed by atoms with Crippen LogP contribution in [0.1, 0.15) is 0 Å². The highest BCUT2D eigenvalue weighted by Gasteiger charge is 2.02. The molecule has 0 amide bonds. The molecule has 0 aliphatic heterocycles. The lowest BCUT2D eigenvalue weighted by atomic mass is 10.7. The summed E-state index contributed by atoms with van der Waals surface area (Å²) in [5.41, 5.74) is 0. The van der Waals surface area contributed by atoms with Crippen LogP contribution in [0.15, 0.2) is 31.4 Å².